The number of hydrazone groups is 1. The lowest BCUT2D eigenvalue weighted by Gasteiger charge is -2.31. The Morgan fingerprint density at radius 1 is 1.45 bits per heavy atom. The maximum atomic E-state index is 11.8. The summed E-state index contributed by atoms with van der Waals surface area (Å²) in [7, 11) is 2.00. The van der Waals surface area contributed by atoms with E-state index >= 15 is 0 Å². The summed E-state index contributed by atoms with van der Waals surface area (Å²) in [5, 5.41) is 14.1. The summed E-state index contributed by atoms with van der Waals surface area (Å²) in [6.45, 7) is 2.93. The van der Waals surface area contributed by atoms with Gasteiger partial charge in [-0.25, -0.2) is 10.2 Å². The van der Waals surface area contributed by atoms with Gasteiger partial charge < -0.3 is 14.2 Å². The molecular weight excluding hydrogens is 266 g/mol. The van der Waals surface area contributed by atoms with Crippen LogP contribution in [-0.4, -0.2) is 60.2 Å². The Balaban J connectivity index is 1.83. The number of rotatable bonds is 3. The lowest BCUT2D eigenvalue weighted by Crippen LogP contribution is -2.49. The SMILES string of the molecule is CN1CCN(C(=O)N/N=C/c2ccc([N+](=O)[O-])o2)CC1. The van der Waals surface area contributed by atoms with Gasteiger partial charge in [-0.1, -0.05) is 0 Å². The Morgan fingerprint density at radius 3 is 2.75 bits per heavy atom. The third-order valence-electron chi connectivity index (χ3n) is 2.94. The highest BCUT2D eigenvalue weighted by Gasteiger charge is 2.18. The summed E-state index contributed by atoms with van der Waals surface area (Å²) in [5.41, 5.74) is 2.36. The van der Waals surface area contributed by atoms with Crippen molar-refractivity contribution in [3.63, 3.8) is 0 Å². The molecule has 2 rings (SSSR count). The molecule has 1 aromatic heterocycles. The molecule has 2 amide bonds. The zero-order valence-corrected chi connectivity index (χ0v) is 11.0. The number of nitrogens with zero attached hydrogens (tertiary/aromatic N) is 4. The number of urea groups is 1. The van der Waals surface area contributed by atoms with Crippen molar-refractivity contribution in [2.24, 2.45) is 5.10 Å². The zero-order valence-electron chi connectivity index (χ0n) is 11.0. The van der Waals surface area contributed by atoms with Crippen molar-refractivity contribution >= 4 is 18.1 Å². The van der Waals surface area contributed by atoms with Gasteiger partial charge in [0.25, 0.3) is 0 Å². The quantitative estimate of drug-likeness (QED) is 0.493. The van der Waals surface area contributed by atoms with Gasteiger partial charge in [-0.2, -0.15) is 5.10 Å². The van der Waals surface area contributed by atoms with E-state index < -0.39 is 4.92 Å². The number of nitrogens with one attached hydrogen (secondary N) is 1. The van der Waals surface area contributed by atoms with Crippen LogP contribution in [0.25, 0.3) is 0 Å². The largest absolute Gasteiger partial charge is 0.433 e. The van der Waals surface area contributed by atoms with E-state index in [0.717, 1.165) is 13.1 Å². The highest BCUT2D eigenvalue weighted by atomic mass is 16.6. The first-order valence-electron chi connectivity index (χ1n) is 6.07. The van der Waals surface area contributed by atoms with E-state index in [0.29, 0.717) is 13.1 Å². The van der Waals surface area contributed by atoms with Crippen LogP contribution < -0.4 is 5.43 Å². The highest BCUT2D eigenvalue weighted by molar-refractivity contribution is 5.79. The van der Waals surface area contributed by atoms with Gasteiger partial charge >= 0.3 is 11.9 Å². The van der Waals surface area contributed by atoms with Crippen LogP contribution in [0, 0.1) is 10.1 Å². The minimum atomic E-state index is -0.639. The third-order valence-corrected chi connectivity index (χ3v) is 2.94. The second-order valence-electron chi connectivity index (χ2n) is 4.40. The van der Waals surface area contributed by atoms with Gasteiger partial charge in [-0.15, -0.1) is 0 Å². The number of hydrogen-bond acceptors (Lipinski definition) is 6. The summed E-state index contributed by atoms with van der Waals surface area (Å²) >= 11 is 0. The molecule has 9 nitrogen and oxygen atoms in total. The summed E-state index contributed by atoms with van der Waals surface area (Å²) in [5.74, 6) is -0.160. The van der Waals surface area contributed by atoms with E-state index in [9.17, 15) is 14.9 Å². The van der Waals surface area contributed by atoms with Crippen molar-refractivity contribution in [3.05, 3.63) is 28.0 Å². The normalized spacial score (nSPS) is 16.6. The second kappa shape index (κ2) is 6.15. The molecule has 0 aliphatic carbocycles. The molecule has 0 bridgehead atoms. The van der Waals surface area contributed by atoms with Crippen LogP contribution in [0.2, 0.25) is 0 Å². The average molecular weight is 281 g/mol. The predicted octanol–water partition coefficient (Wildman–Crippen LogP) is 0.479. The van der Waals surface area contributed by atoms with Crippen molar-refractivity contribution < 1.29 is 14.1 Å². The monoisotopic (exact) mass is 281 g/mol. The fraction of sp³-hybridized carbons (Fsp3) is 0.455. The van der Waals surface area contributed by atoms with Crippen molar-refractivity contribution in [1.82, 2.24) is 15.2 Å². The Bertz CT molecular complexity index is 519. The fourth-order valence-corrected chi connectivity index (χ4v) is 1.74. The van der Waals surface area contributed by atoms with Gasteiger partial charge in [0, 0.05) is 26.2 Å². The molecule has 0 aromatic carbocycles. The first kappa shape index (κ1) is 14.0. The van der Waals surface area contributed by atoms with Gasteiger partial charge in [-0.3, -0.25) is 10.1 Å². The molecular formula is C11H15N5O4. The smallest absolute Gasteiger partial charge is 0.400 e. The molecule has 1 aromatic rings. The third kappa shape index (κ3) is 3.54. The Morgan fingerprint density at radius 2 is 2.15 bits per heavy atom. The molecule has 1 fully saturated rings. The molecule has 0 atom stereocenters. The summed E-state index contributed by atoms with van der Waals surface area (Å²) in [4.78, 5) is 25.3. The summed E-state index contributed by atoms with van der Waals surface area (Å²) in [6.07, 6.45) is 1.22. The van der Waals surface area contributed by atoms with Crippen LogP contribution in [-0.2, 0) is 0 Å². The minimum absolute atomic E-state index is 0.204. The Hall–Kier alpha value is -2.42. The standard InChI is InChI=1S/C11H15N5O4/c1-14-4-6-15(7-5-14)11(17)13-12-8-9-2-3-10(20-9)16(18)19/h2-3,8H,4-7H2,1H3,(H,13,17)/b12-8+. The fourth-order valence-electron chi connectivity index (χ4n) is 1.74. The zero-order chi connectivity index (χ0) is 14.5. The Kier molecular flexibility index (Phi) is 4.31. The van der Waals surface area contributed by atoms with Gasteiger partial charge in [0.2, 0.25) is 0 Å². The summed E-state index contributed by atoms with van der Waals surface area (Å²) < 4.78 is 4.87. The van der Waals surface area contributed by atoms with Crippen LogP contribution >= 0.6 is 0 Å². The van der Waals surface area contributed by atoms with Crippen LogP contribution in [0.4, 0.5) is 10.7 Å². The predicted molar refractivity (Wildman–Crippen MR) is 70.6 cm³/mol. The minimum Gasteiger partial charge on any atom is -0.400 e. The lowest BCUT2D eigenvalue weighted by molar-refractivity contribution is -0.402. The molecule has 1 aliphatic rings. The van der Waals surface area contributed by atoms with Gasteiger partial charge in [0.1, 0.15) is 4.92 Å². The lowest BCUT2D eigenvalue weighted by atomic mass is 10.3. The van der Waals surface area contributed by atoms with Crippen molar-refractivity contribution in [3.8, 4) is 0 Å². The molecule has 1 aliphatic heterocycles. The number of amides is 2. The van der Waals surface area contributed by atoms with E-state index in [1.807, 2.05) is 7.05 Å². The number of piperazine rings is 1. The molecule has 0 unspecified atom stereocenters. The number of carbonyl (C=O) groups excluding carboxylic acids is 1. The number of nitro groups is 1. The Labute approximate surface area is 115 Å². The van der Waals surface area contributed by atoms with Crippen LogP contribution in [0.3, 0.4) is 0 Å². The average Bonchev–Trinajstić information content (AvgIpc) is 2.88. The van der Waals surface area contributed by atoms with Crippen molar-refractivity contribution in [2.75, 3.05) is 33.2 Å². The van der Waals surface area contributed by atoms with E-state index in [4.69, 9.17) is 4.42 Å². The molecule has 1 saturated heterocycles. The maximum Gasteiger partial charge on any atom is 0.433 e. The molecule has 1 N–H and O–H groups in total. The first-order chi connectivity index (χ1) is 9.56. The first-order valence-corrected chi connectivity index (χ1v) is 6.07. The summed E-state index contributed by atoms with van der Waals surface area (Å²) in [6, 6.07) is 2.34. The topological polar surface area (TPSA) is 104 Å². The van der Waals surface area contributed by atoms with Crippen LogP contribution in [0.15, 0.2) is 21.7 Å². The van der Waals surface area contributed by atoms with Gasteiger partial charge in [0.15, 0.2) is 5.76 Å². The molecule has 0 radical (unpaired) electrons. The van der Waals surface area contributed by atoms with E-state index in [1.165, 1.54) is 18.3 Å². The number of hydrogen-bond donors (Lipinski definition) is 1. The van der Waals surface area contributed by atoms with Crippen molar-refractivity contribution in [1.29, 1.82) is 0 Å². The number of likely N-dealkylation sites (N-methyl/N-ethyl adjacent to an activating group) is 1. The maximum absolute atomic E-state index is 11.8. The molecule has 0 spiro atoms. The van der Waals surface area contributed by atoms with Gasteiger partial charge in [-0.05, 0) is 13.1 Å². The van der Waals surface area contributed by atoms with Crippen LogP contribution in [0.1, 0.15) is 5.76 Å². The van der Waals surface area contributed by atoms with E-state index in [-0.39, 0.29) is 17.7 Å². The number of carbonyl (C=O) groups is 1. The molecule has 20 heavy (non-hydrogen) atoms. The molecule has 2 heterocycles. The second-order valence-corrected chi connectivity index (χ2v) is 4.40. The van der Waals surface area contributed by atoms with E-state index in [2.05, 4.69) is 15.4 Å². The molecule has 9 heteroatoms. The van der Waals surface area contributed by atoms with Crippen molar-refractivity contribution in [2.45, 2.75) is 0 Å². The molecule has 0 saturated carbocycles. The van der Waals surface area contributed by atoms with Gasteiger partial charge in [0.05, 0.1) is 12.3 Å². The number of furan rings is 1. The molecule has 108 valence electrons. The van der Waals surface area contributed by atoms with Crippen LogP contribution in [0.5, 0.6) is 0 Å². The van der Waals surface area contributed by atoms with E-state index in [1.54, 1.807) is 4.90 Å². The highest BCUT2D eigenvalue weighted by Crippen LogP contribution is 2.13.